The second kappa shape index (κ2) is 11.8. The van der Waals surface area contributed by atoms with Crippen molar-refractivity contribution < 1.29 is 9.53 Å². The Hall–Kier alpha value is -2.28. The highest BCUT2D eigenvalue weighted by molar-refractivity contribution is 5.84. The van der Waals surface area contributed by atoms with Crippen LogP contribution in [0.25, 0.3) is 0 Å². The summed E-state index contributed by atoms with van der Waals surface area (Å²) in [5.74, 6) is 1.62. The quantitative estimate of drug-likeness (QED) is 0.425. The maximum absolute atomic E-state index is 12.2. The number of nitrogens with zero attached hydrogens (tertiary/aromatic N) is 2. The van der Waals surface area contributed by atoms with E-state index in [1.807, 2.05) is 32.9 Å². The average molecular weight is 418 g/mol. The van der Waals surface area contributed by atoms with Crippen LogP contribution in [0.5, 0.6) is 5.75 Å². The lowest BCUT2D eigenvalue weighted by atomic mass is 9.92. The number of piperidine rings is 1. The largest absolute Gasteiger partial charge is 0.497 e. The SMILES string of the molecule is CCNC(=O)C(C)(C)CNC(=NC)NCC(c1ccc(OC)cc1)N1CCCCC1. The fourth-order valence-electron chi connectivity index (χ4n) is 3.71. The molecule has 3 N–H and O–H groups in total. The highest BCUT2D eigenvalue weighted by Crippen LogP contribution is 2.26. The fraction of sp³-hybridized carbons (Fsp3) is 0.652. The smallest absolute Gasteiger partial charge is 0.227 e. The number of guanidine groups is 1. The van der Waals surface area contributed by atoms with Gasteiger partial charge >= 0.3 is 0 Å². The first kappa shape index (κ1) is 24.0. The van der Waals surface area contributed by atoms with Crippen molar-refractivity contribution in [2.24, 2.45) is 10.4 Å². The number of carbonyl (C=O) groups is 1. The maximum Gasteiger partial charge on any atom is 0.227 e. The minimum Gasteiger partial charge on any atom is -0.497 e. The van der Waals surface area contributed by atoms with Gasteiger partial charge in [-0.2, -0.15) is 0 Å². The maximum atomic E-state index is 12.2. The molecule has 0 radical (unpaired) electrons. The molecule has 1 aliphatic heterocycles. The first-order valence-corrected chi connectivity index (χ1v) is 11.0. The molecule has 0 aliphatic carbocycles. The van der Waals surface area contributed by atoms with Crippen LogP contribution in [0, 0.1) is 5.41 Å². The molecular weight excluding hydrogens is 378 g/mol. The molecule has 2 rings (SSSR count). The molecule has 1 aromatic rings. The molecule has 1 unspecified atom stereocenters. The molecule has 1 fully saturated rings. The summed E-state index contributed by atoms with van der Waals surface area (Å²) in [6.07, 6.45) is 3.78. The third-order valence-corrected chi connectivity index (χ3v) is 5.67. The third-order valence-electron chi connectivity index (χ3n) is 5.67. The number of likely N-dealkylation sites (tertiary alicyclic amines) is 1. The van der Waals surface area contributed by atoms with Gasteiger partial charge in [0.2, 0.25) is 5.91 Å². The van der Waals surface area contributed by atoms with Gasteiger partial charge in [-0.25, -0.2) is 0 Å². The summed E-state index contributed by atoms with van der Waals surface area (Å²) in [6, 6.07) is 8.59. The molecule has 1 saturated heterocycles. The summed E-state index contributed by atoms with van der Waals surface area (Å²) in [6.45, 7) is 9.90. The molecule has 0 spiro atoms. The van der Waals surface area contributed by atoms with Crippen molar-refractivity contribution in [1.29, 1.82) is 0 Å². The van der Waals surface area contributed by atoms with Crippen LogP contribution in [-0.2, 0) is 4.79 Å². The number of ether oxygens (including phenoxy) is 1. The first-order chi connectivity index (χ1) is 14.4. The van der Waals surface area contributed by atoms with Crippen molar-refractivity contribution in [2.45, 2.75) is 46.1 Å². The predicted octanol–water partition coefficient (Wildman–Crippen LogP) is 2.55. The monoisotopic (exact) mass is 417 g/mol. The van der Waals surface area contributed by atoms with Crippen molar-refractivity contribution in [3.63, 3.8) is 0 Å². The molecule has 1 aliphatic rings. The Balaban J connectivity index is 2.02. The number of aliphatic imine (C=N–C) groups is 1. The van der Waals surface area contributed by atoms with E-state index < -0.39 is 5.41 Å². The van der Waals surface area contributed by atoms with E-state index in [0.717, 1.165) is 25.4 Å². The van der Waals surface area contributed by atoms with Crippen LogP contribution in [0.2, 0.25) is 0 Å². The lowest BCUT2D eigenvalue weighted by molar-refractivity contribution is -0.128. The summed E-state index contributed by atoms with van der Waals surface area (Å²) in [5, 5.41) is 9.68. The molecule has 7 heteroatoms. The number of rotatable bonds is 9. The Bertz CT molecular complexity index is 681. The summed E-state index contributed by atoms with van der Waals surface area (Å²) in [7, 11) is 3.45. The number of methoxy groups -OCH3 is 1. The average Bonchev–Trinajstić information content (AvgIpc) is 2.77. The summed E-state index contributed by atoms with van der Waals surface area (Å²) >= 11 is 0. The highest BCUT2D eigenvalue weighted by Gasteiger charge is 2.28. The molecule has 0 saturated carbocycles. The van der Waals surface area contributed by atoms with Crippen molar-refractivity contribution in [2.75, 3.05) is 46.9 Å². The van der Waals surface area contributed by atoms with Gasteiger partial charge in [-0.3, -0.25) is 14.7 Å². The van der Waals surface area contributed by atoms with E-state index >= 15 is 0 Å². The summed E-state index contributed by atoms with van der Waals surface area (Å²) < 4.78 is 5.32. The van der Waals surface area contributed by atoms with Crippen LogP contribution in [0.3, 0.4) is 0 Å². The standard InChI is InChI=1S/C23H39N5O2/c1-6-25-21(29)23(2,3)17-27-22(24-4)26-16-20(28-14-8-7-9-15-28)18-10-12-19(30-5)13-11-18/h10-13,20H,6-9,14-17H2,1-5H3,(H,25,29)(H2,24,26,27). The zero-order valence-electron chi connectivity index (χ0n) is 19.3. The molecule has 0 aromatic heterocycles. The lowest BCUT2D eigenvalue weighted by Gasteiger charge is -2.35. The van der Waals surface area contributed by atoms with E-state index in [4.69, 9.17) is 4.74 Å². The normalized spacial score (nSPS) is 16.6. The van der Waals surface area contributed by atoms with Gasteiger partial charge in [-0.05, 0) is 64.4 Å². The number of benzene rings is 1. The first-order valence-electron chi connectivity index (χ1n) is 11.0. The number of amides is 1. The van der Waals surface area contributed by atoms with Gasteiger partial charge in [0.1, 0.15) is 5.75 Å². The summed E-state index contributed by atoms with van der Waals surface area (Å²) in [4.78, 5) is 19.2. The molecule has 7 nitrogen and oxygen atoms in total. The van der Waals surface area contributed by atoms with Gasteiger partial charge < -0.3 is 20.7 Å². The molecule has 1 aromatic carbocycles. The molecule has 1 atom stereocenters. The minimum absolute atomic E-state index is 0.0392. The van der Waals surface area contributed by atoms with E-state index in [1.165, 1.54) is 24.8 Å². The second-order valence-electron chi connectivity index (χ2n) is 8.44. The molecule has 30 heavy (non-hydrogen) atoms. The van der Waals surface area contributed by atoms with Crippen LogP contribution in [-0.4, -0.2) is 63.6 Å². The van der Waals surface area contributed by atoms with E-state index in [9.17, 15) is 4.79 Å². The molecular formula is C23H39N5O2. The highest BCUT2D eigenvalue weighted by atomic mass is 16.5. The van der Waals surface area contributed by atoms with Crippen molar-refractivity contribution >= 4 is 11.9 Å². The topological polar surface area (TPSA) is 78.0 Å². The molecule has 1 heterocycles. The van der Waals surface area contributed by atoms with Crippen molar-refractivity contribution in [1.82, 2.24) is 20.9 Å². The number of nitrogens with one attached hydrogen (secondary N) is 3. The van der Waals surface area contributed by atoms with Crippen molar-refractivity contribution in [3.8, 4) is 5.75 Å². The molecule has 168 valence electrons. The zero-order chi connectivity index (χ0) is 22.0. The molecule has 0 bridgehead atoms. The van der Waals surface area contributed by atoms with E-state index in [2.05, 4.69) is 38.0 Å². The Morgan fingerprint density at radius 3 is 2.37 bits per heavy atom. The van der Waals surface area contributed by atoms with Crippen molar-refractivity contribution in [3.05, 3.63) is 29.8 Å². The minimum atomic E-state index is -0.518. The Morgan fingerprint density at radius 1 is 1.13 bits per heavy atom. The molecule has 1 amide bonds. The van der Waals surface area contributed by atoms with Gasteiger partial charge in [0.05, 0.1) is 18.6 Å². The Labute approximate surface area is 181 Å². The fourth-order valence-corrected chi connectivity index (χ4v) is 3.71. The summed E-state index contributed by atoms with van der Waals surface area (Å²) in [5.41, 5.74) is 0.749. The Morgan fingerprint density at radius 2 is 1.80 bits per heavy atom. The Kier molecular flexibility index (Phi) is 9.43. The number of hydrogen-bond donors (Lipinski definition) is 3. The van der Waals surface area contributed by atoms with Gasteiger partial charge in [0, 0.05) is 26.7 Å². The van der Waals surface area contributed by atoms with E-state index in [-0.39, 0.29) is 11.9 Å². The van der Waals surface area contributed by atoms with Crippen LogP contribution in [0.15, 0.2) is 29.3 Å². The lowest BCUT2D eigenvalue weighted by Crippen LogP contribution is -2.49. The number of carbonyl (C=O) groups excluding carboxylic acids is 1. The predicted molar refractivity (Wildman–Crippen MR) is 123 cm³/mol. The van der Waals surface area contributed by atoms with E-state index in [0.29, 0.717) is 19.0 Å². The van der Waals surface area contributed by atoms with Crippen LogP contribution in [0.1, 0.15) is 51.6 Å². The van der Waals surface area contributed by atoms with Crippen LogP contribution < -0.4 is 20.7 Å². The number of hydrogen-bond acceptors (Lipinski definition) is 4. The van der Waals surface area contributed by atoms with Crippen LogP contribution >= 0.6 is 0 Å². The van der Waals surface area contributed by atoms with Gasteiger partial charge in [0.25, 0.3) is 0 Å². The van der Waals surface area contributed by atoms with Crippen LogP contribution in [0.4, 0.5) is 0 Å². The van der Waals surface area contributed by atoms with E-state index in [1.54, 1.807) is 14.2 Å². The third kappa shape index (κ3) is 6.90. The zero-order valence-corrected chi connectivity index (χ0v) is 19.3. The van der Waals surface area contributed by atoms with Gasteiger partial charge in [-0.15, -0.1) is 0 Å². The van der Waals surface area contributed by atoms with Gasteiger partial charge in [0.15, 0.2) is 5.96 Å². The second-order valence-corrected chi connectivity index (χ2v) is 8.44. The van der Waals surface area contributed by atoms with Gasteiger partial charge in [-0.1, -0.05) is 18.6 Å².